The third-order valence-electron chi connectivity index (χ3n) is 4.19. The van der Waals surface area contributed by atoms with Crippen LogP contribution in [0.3, 0.4) is 0 Å². The number of rotatable bonds is 6. The molecule has 0 spiro atoms. The molecule has 2 heterocycles. The number of hydrogen-bond acceptors (Lipinski definition) is 5. The van der Waals surface area contributed by atoms with Crippen molar-refractivity contribution in [1.82, 2.24) is 14.9 Å². The number of benzene rings is 2. The van der Waals surface area contributed by atoms with Crippen LogP contribution in [0.25, 0.3) is 16.6 Å². The number of carbonyl (C=O) groups is 1. The molecular formula is C21H16BrN3O3S. The molecule has 2 aromatic heterocycles. The highest BCUT2D eigenvalue weighted by molar-refractivity contribution is 9.10. The SMILES string of the molecule is O=C(CSc1nc2ccc(Br)cc2c(=O)n1-c1ccccc1)NCc1ccco1. The molecule has 8 heteroatoms. The normalized spacial score (nSPS) is 10.9. The lowest BCUT2D eigenvalue weighted by Crippen LogP contribution is -2.26. The Labute approximate surface area is 179 Å². The van der Waals surface area contributed by atoms with Crippen LogP contribution >= 0.6 is 27.7 Å². The first-order chi connectivity index (χ1) is 14.1. The van der Waals surface area contributed by atoms with Crippen molar-refractivity contribution in [3.63, 3.8) is 0 Å². The summed E-state index contributed by atoms with van der Waals surface area (Å²) in [6, 6.07) is 18.2. The number of carbonyl (C=O) groups excluding carboxylic acids is 1. The maximum Gasteiger partial charge on any atom is 0.266 e. The fourth-order valence-corrected chi connectivity index (χ4v) is 4.02. The molecule has 0 saturated heterocycles. The average molecular weight is 470 g/mol. The van der Waals surface area contributed by atoms with Crippen molar-refractivity contribution < 1.29 is 9.21 Å². The molecule has 0 aliphatic rings. The zero-order valence-corrected chi connectivity index (χ0v) is 17.6. The largest absolute Gasteiger partial charge is 0.467 e. The van der Waals surface area contributed by atoms with Crippen molar-refractivity contribution in [2.24, 2.45) is 0 Å². The Bertz CT molecular complexity index is 1210. The number of fused-ring (bicyclic) bond motifs is 1. The van der Waals surface area contributed by atoms with Gasteiger partial charge in [-0.2, -0.15) is 0 Å². The Morgan fingerprint density at radius 2 is 1.97 bits per heavy atom. The van der Waals surface area contributed by atoms with E-state index in [-0.39, 0.29) is 17.2 Å². The smallest absolute Gasteiger partial charge is 0.266 e. The minimum atomic E-state index is -0.180. The third kappa shape index (κ3) is 4.44. The quantitative estimate of drug-likeness (QED) is 0.339. The van der Waals surface area contributed by atoms with Crippen LogP contribution in [0.2, 0.25) is 0 Å². The standard InChI is InChI=1S/C21H16BrN3O3S/c22-14-8-9-18-17(11-14)20(27)25(15-5-2-1-3-6-15)21(24-18)29-13-19(26)23-12-16-7-4-10-28-16/h1-11H,12-13H2,(H,23,26). The van der Waals surface area contributed by atoms with E-state index in [0.29, 0.717) is 34.1 Å². The first kappa shape index (κ1) is 19.5. The number of amides is 1. The van der Waals surface area contributed by atoms with Crippen LogP contribution in [0, 0.1) is 0 Å². The Hall–Kier alpha value is -2.84. The predicted octanol–water partition coefficient (Wildman–Crippen LogP) is 4.15. The second-order valence-electron chi connectivity index (χ2n) is 6.18. The van der Waals surface area contributed by atoms with Crippen molar-refractivity contribution in [3.05, 3.63) is 87.5 Å². The van der Waals surface area contributed by atoms with Crippen LogP contribution in [0.4, 0.5) is 0 Å². The lowest BCUT2D eigenvalue weighted by molar-refractivity contribution is -0.118. The summed E-state index contributed by atoms with van der Waals surface area (Å²) in [5.41, 5.74) is 1.11. The number of nitrogens with zero attached hydrogens (tertiary/aromatic N) is 2. The Morgan fingerprint density at radius 1 is 1.14 bits per heavy atom. The van der Waals surface area contributed by atoms with Crippen LogP contribution in [0.1, 0.15) is 5.76 Å². The molecule has 4 aromatic rings. The molecule has 0 saturated carbocycles. The summed E-state index contributed by atoms with van der Waals surface area (Å²) in [5, 5.41) is 3.77. The van der Waals surface area contributed by atoms with E-state index >= 15 is 0 Å². The van der Waals surface area contributed by atoms with Crippen LogP contribution in [-0.4, -0.2) is 21.2 Å². The molecule has 0 aliphatic heterocycles. The average Bonchev–Trinajstić information content (AvgIpc) is 3.26. The zero-order chi connectivity index (χ0) is 20.2. The van der Waals surface area contributed by atoms with E-state index in [2.05, 4.69) is 26.2 Å². The van der Waals surface area contributed by atoms with Crippen molar-refractivity contribution >= 4 is 44.5 Å². The van der Waals surface area contributed by atoms with Crippen LogP contribution in [-0.2, 0) is 11.3 Å². The number of aromatic nitrogens is 2. The summed E-state index contributed by atoms with van der Waals surface area (Å²) in [6.45, 7) is 0.317. The van der Waals surface area contributed by atoms with Gasteiger partial charge in [0, 0.05) is 4.47 Å². The third-order valence-corrected chi connectivity index (χ3v) is 5.62. The van der Waals surface area contributed by atoms with Gasteiger partial charge in [-0.25, -0.2) is 4.98 Å². The maximum absolute atomic E-state index is 13.2. The van der Waals surface area contributed by atoms with Gasteiger partial charge in [-0.1, -0.05) is 45.9 Å². The molecule has 0 radical (unpaired) electrons. The summed E-state index contributed by atoms with van der Waals surface area (Å²) in [4.78, 5) is 30.1. The highest BCUT2D eigenvalue weighted by atomic mass is 79.9. The van der Waals surface area contributed by atoms with Crippen molar-refractivity contribution in [2.75, 3.05) is 5.75 Å². The van der Waals surface area contributed by atoms with Gasteiger partial charge in [0.2, 0.25) is 5.91 Å². The molecule has 0 aliphatic carbocycles. The molecular weight excluding hydrogens is 454 g/mol. The van der Waals surface area contributed by atoms with Crippen molar-refractivity contribution in [1.29, 1.82) is 0 Å². The molecule has 0 unspecified atom stereocenters. The number of furan rings is 1. The monoisotopic (exact) mass is 469 g/mol. The van der Waals surface area contributed by atoms with E-state index in [4.69, 9.17) is 4.42 Å². The topological polar surface area (TPSA) is 77.1 Å². The van der Waals surface area contributed by atoms with E-state index in [1.54, 1.807) is 35.1 Å². The highest BCUT2D eigenvalue weighted by Crippen LogP contribution is 2.23. The fourth-order valence-electron chi connectivity index (χ4n) is 2.82. The van der Waals surface area contributed by atoms with Crippen LogP contribution in [0.15, 0.2) is 85.8 Å². The Kier molecular flexibility index (Phi) is 5.82. The van der Waals surface area contributed by atoms with Crippen molar-refractivity contribution in [3.8, 4) is 5.69 Å². The van der Waals surface area contributed by atoms with Gasteiger partial charge in [-0.05, 0) is 42.5 Å². The summed E-state index contributed by atoms with van der Waals surface area (Å²) >= 11 is 4.63. The van der Waals surface area contributed by atoms with Crippen LogP contribution in [0.5, 0.6) is 0 Å². The molecule has 0 fully saturated rings. The van der Waals surface area contributed by atoms with E-state index in [1.807, 2.05) is 36.4 Å². The number of hydrogen-bond donors (Lipinski definition) is 1. The van der Waals surface area contributed by atoms with E-state index in [9.17, 15) is 9.59 Å². The summed E-state index contributed by atoms with van der Waals surface area (Å²) in [6.07, 6.45) is 1.56. The minimum absolute atomic E-state index is 0.127. The molecule has 6 nitrogen and oxygen atoms in total. The van der Waals surface area contributed by atoms with Gasteiger partial charge in [0.1, 0.15) is 5.76 Å². The van der Waals surface area contributed by atoms with E-state index < -0.39 is 0 Å². The number of thioether (sulfide) groups is 1. The molecule has 0 atom stereocenters. The number of nitrogens with one attached hydrogen (secondary N) is 1. The van der Waals surface area contributed by atoms with Crippen molar-refractivity contribution in [2.45, 2.75) is 11.7 Å². The lowest BCUT2D eigenvalue weighted by atomic mass is 10.2. The van der Waals surface area contributed by atoms with Gasteiger partial charge in [0.25, 0.3) is 5.56 Å². The van der Waals surface area contributed by atoms with E-state index in [1.165, 1.54) is 11.8 Å². The first-order valence-electron chi connectivity index (χ1n) is 8.81. The van der Waals surface area contributed by atoms with Gasteiger partial charge in [-0.3, -0.25) is 14.2 Å². The zero-order valence-electron chi connectivity index (χ0n) is 15.2. The van der Waals surface area contributed by atoms with Gasteiger partial charge >= 0.3 is 0 Å². The lowest BCUT2D eigenvalue weighted by Gasteiger charge is -2.13. The molecule has 0 bridgehead atoms. The molecule has 29 heavy (non-hydrogen) atoms. The summed E-state index contributed by atoms with van der Waals surface area (Å²) in [7, 11) is 0. The van der Waals surface area contributed by atoms with Gasteiger partial charge < -0.3 is 9.73 Å². The highest BCUT2D eigenvalue weighted by Gasteiger charge is 2.15. The molecule has 1 N–H and O–H groups in total. The van der Waals surface area contributed by atoms with Crippen LogP contribution < -0.4 is 10.9 Å². The summed E-state index contributed by atoms with van der Waals surface area (Å²) < 4.78 is 7.56. The van der Waals surface area contributed by atoms with E-state index in [0.717, 1.165) is 4.47 Å². The molecule has 2 aromatic carbocycles. The Balaban J connectivity index is 1.64. The minimum Gasteiger partial charge on any atom is -0.467 e. The fraction of sp³-hybridized carbons (Fsp3) is 0.0952. The molecule has 4 rings (SSSR count). The predicted molar refractivity (Wildman–Crippen MR) is 116 cm³/mol. The van der Waals surface area contributed by atoms with Gasteiger partial charge in [0.05, 0.1) is 35.2 Å². The van der Waals surface area contributed by atoms with Gasteiger partial charge in [-0.15, -0.1) is 0 Å². The second kappa shape index (κ2) is 8.67. The molecule has 1 amide bonds. The molecule has 146 valence electrons. The van der Waals surface area contributed by atoms with Gasteiger partial charge in [0.15, 0.2) is 5.16 Å². The number of halogens is 1. The number of para-hydroxylation sites is 1. The maximum atomic E-state index is 13.2. The second-order valence-corrected chi connectivity index (χ2v) is 8.03. The summed E-state index contributed by atoms with van der Waals surface area (Å²) in [5.74, 6) is 0.636. The first-order valence-corrected chi connectivity index (χ1v) is 10.6. The Morgan fingerprint density at radius 3 is 2.72 bits per heavy atom.